The Morgan fingerprint density at radius 2 is 1.71 bits per heavy atom. The predicted octanol–water partition coefficient (Wildman–Crippen LogP) is 5.10. The van der Waals surface area contributed by atoms with Gasteiger partial charge in [0.05, 0.1) is 11.4 Å². The Bertz CT molecular complexity index is 1070. The van der Waals surface area contributed by atoms with Gasteiger partial charge in [-0.15, -0.1) is 0 Å². The molecule has 0 radical (unpaired) electrons. The minimum absolute atomic E-state index is 0.00623. The molecule has 142 valence electrons. The van der Waals surface area contributed by atoms with Crippen LogP contribution in [0.4, 0.5) is 17.1 Å². The summed E-state index contributed by atoms with van der Waals surface area (Å²) < 4.78 is 0. The third-order valence-corrected chi connectivity index (χ3v) is 8.47. The Morgan fingerprint density at radius 3 is 2.54 bits per heavy atom. The van der Waals surface area contributed by atoms with Crippen LogP contribution in [0.15, 0.2) is 53.5 Å². The first kappa shape index (κ1) is 16.3. The number of hydrogen-bond acceptors (Lipinski definition) is 3. The van der Waals surface area contributed by atoms with Gasteiger partial charge < -0.3 is 10.6 Å². The molecule has 2 aromatic carbocycles. The fourth-order valence-corrected chi connectivity index (χ4v) is 6.62. The van der Waals surface area contributed by atoms with Gasteiger partial charge in [-0.1, -0.05) is 51.1 Å². The minimum atomic E-state index is -0.803. The van der Waals surface area contributed by atoms with Gasteiger partial charge >= 0.3 is 0 Å². The summed E-state index contributed by atoms with van der Waals surface area (Å²) in [5.41, 5.74) is 4.38. The summed E-state index contributed by atoms with van der Waals surface area (Å²) in [7, 11) is 0. The number of hydrogen-bond donors (Lipinski definition) is 2. The number of amides is 1. The standard InChI is InChI=1S/C24H25N3O/c1-22(2)15-12-13-23(22,3)20-19(15)24(27-18-11-7-6-10-17(18)25-20)14-8-4-5-9-16(14)26-21(24)28/h4-11,15,19,27H,12-13H2,1-3H3,(H,26,28)/t15-,19?,23+,24?/m1/s1. The highest BCUT2D eigenvalue weighted by molar-refractivity contribution is 6.14. The molecular weight excluding hydrogens is 346 g/mol. The number of nitrogens with zero attached hydrogens (tertiary/aromatic N) is 1. The van der Waals surface area contributed by atoms with Gasteiger partial charge in [0.2, 0.25) is 0 Å². The van der Waals surface area contributed by atoms with Gasteiger partial charge in [0.15, 0.2) is 5.54 Å². The van der Waals surface area contributed by atoms with Crippen molar-refractivity contribution in [3.8, 4) is 0 Å². The van der Waals surface area contributed by atoms with E-state index in [1.807, 2.05) is 36.4 Å². The van der Waals surface area contributed by atoms with Crippen LogP contribution < -0.4 is 10.6 Å². The largest absolute Gasteiger partial charge is 0.365 e. The molecule has 0 saturated heterocycles. The summed E-state index contributed by atoms with van der Waals surface area (Å²) >= 11 is 0. The molecule has 4 heteroatoms. The van der Waals surface area contributed by atoms with E-state index in [0.717, 1.165) is 35.5 Å². The molecule has 2 unspecified atom stereocenters. The van der Waals surface area contributed by atoms with Crippen LogP contribution in [0.1, 0.15) is 39.2 Å². The highest BCUT2D eigenvalue weighted by atomic mass is 16.2. The summed E-state index contributed by atoms with van der Waals surface area (Å²) in [5, 5.41) is 6.90. The van der Waals surface area contributed by atoms with Crippen molar-refractivity contribution in [3.05, 3.63) is 54.1 Å². The SMILES string of the molecule is CC1(C)[C@@H]2CC[C@@]1(C)C1=Nc3ccccc3NC3(C(=O)Nc4ccccc43)C12. The number of para-hydroxylation sites is 3. The van der Waals surface area contributed by atoms with Gasteiger partial charge in [0.1, 0.15) is 0 Å². The van der Waals surface area contributed by atoms with E-state index in [-0.39, 0.29) is 22.7 Å². The molecule has 1 amide bonds. The summed E-state index contributed by atoms with van der Waals surface area (Å²) in [6, 6.07) is 16.3. The first-order valence-electron chi connectivity index (χ1n) is 10.3. The van der Waals surface area contributed by atoms with Crippen LogP contribution in [0.25, 0.3) is 0 Å². The van der Waals surface area contributed by atoms with Crippen LogP contribution in [0.3, 0.4) is 0 Å². The lowest BCUT2D eigenvalue weighted by Gasteiger charge is -2.40. The van der Waals surface area contributed by atoms with Crippen molar-refractivity contribution >= 4 is 28.7 Å². The molecular formula is C24H25N3O. The summed E-state index contributed by atoms with van der Waals surface area (Å²) in [6.45, 7) is 7.12. The third-order valence-electron chi connectivity index (χ3n) is 8.47. The molecule has 2 aliphatic heterocycles. The van der Waals surface area contributed by atoms with Crippen LogP contribution in [0.2, 0.25) is 0 Å². The van der Waals surface area contributed by atoms with Gasteiger partial charge in [0, 0.05) is 28.3 Å². The van der Waals surface area contributed by atoms with Crippen molar-refractivity contribution in [2.45, 2.75) is 39.2 Å². The van der Waals surface area contributed by atoms with E-state index < -0.39 is 5.54 Å². The number of rotatable bonds is 0. The first-order chi connectivity index (χ1) is 13.4. The van der Waals surface area contributed by atoms with Crippen molar-refractivity contribution in [2.24, 2.45) is 27.7 Å². The summed E-state index contributed by atoms with van der Waals surface area (Å²) in [4.78, 5) is 18.9. The molecule has 0 aromatic heterocycles. The molecule has 4 nitrogen and oxygen atoms in total. The highest BCUT2D eigenvalue weighted by Crippen LogP contribution is 2.71. The van der Waals surface area contributed by atoms with E-state index in [2.05, 4.69) is 43.5 Å². The van der Waals surface area contributed by atoms with Gasteiger partial charge in [-0.2, -0.15) is 0 Å². The number of aliphatic imine (C=N–C) groups is 1. The fourth-order valence-electron chi connectivity index (χ4n) is 6.62. The van der Waals surface area contributed by atoms with Gasteiger partial charge in [-0.05, 0) is 42.4 Å². The zero-order chi connectivity index (χ0) is 19.3. The zero-order valence-corrected chi connectivity index (χ0v) is 16.5. The summed E-state index contributed by atoms with van der Waals surface area (Å²) in [6.07, 6.45) is 2.28. The zero-order valence-electron chi connectivity index (χ0n) is 16.5. The van der Waals surface area contributed by atoms with Crippen molar-refractivity contribution in [2.75, 3.05) is 10.6 Å². The average Bonchev–Trinajstić information content (AvgIpc) is 3.07. The fraction of sp³-hybridized carbons (Fsp3) is 0.417. The molecule has 2 aromatic rings. The van der Waals surface area contributed by atoms with Crippen molar-refractivity contribution in [1.82, 2.24) is 0 Å². The molecule has 2 fully saturated rings. The molecule has 28 heavy (non-hydrogen) atoms. The maximum absolute atomic E-state index is 13.7. The van der Waals surface area contributed by atoms with Gasteiger partial charge in [0.25, 0.3) is 5.91 Å². The van der Waals surface area contributed by atoms with E-state index in [4.69, 9.17) is 4.99 Å². The Kier molecular flexibility index (Phi) is 2.84. The van der Waals surface area contributed by atoms with E-state index >= 15 is 0 Å². The lowest BCUT2D eigenvalue weighted by molar-refractivity contribution is -0.121. The molecule has 6 rings (SSSR count). The Labute approximate surface area is 165 Å². The van der Waals surface area contributed by atoms with Crippen molar-refractivity contribution in [3.63, 3.8) is 0 Å². The van der Waals surface area contributed by atoms with E-state index in [1.54, 1.807) is 0 Å². The molecule has 2 heterocycles. The molecule has 2 bridgehead atoms. The van der Waals surface area contributed by atoms with Crippen LogP contribution in [0, 0.1) is 22.7 Å². The monoisotopic (exact) mass is 371 g/mol. The minimum Gasteiger partial charge on any atom is -0.365 e. The number of carbonyl (C=O) groups excluding carboxylic acids is 1. The van der Waals surface area contributed by atoms with E-state index in [1.165, 1.54) is 5.71 Å². The Hall–Kier alpha value is -2.62. The molecule has 1 spiro atoms. The molecule has 4 aliphatic rings. The van der Waals surface area contributed by atoms with Crippen LogP contribution in [-0.2, 0) is 10.3 Å². The lowest BCUT2D eigenvalue weighted by Crippen LogP contribution is -2.53. The van der Waals surface area contributed by atoms with Crippen LogP contribution >= 0.6 is 0 Å². The first-order valence-corrected chi connectivity index (χ1v) is 10.3. The second-order valence-corrected chi connectivity index (χ2v) is 9.62. The molecule has 2 aliphatic carbocycles. The average molecular weight is 371 g/mol. The van der Waals surface area contributed by atoms with Gasteiger partial charge in [-0.3, -0.25) is 9.79 Å². The Balaban J connectivity index is 1.71. The maximum atomic E-state index is 13.7. The van der Waals surface area contributed by atoms with E-state index in [0.29, 0.717) is 5.92 Å². The molecule has 4 atom stereocenters. The lowest BCUT2D eigenvalue weighted by atomic mass is 9.67. The Morgan fingerprint density at radius 1 is 1.00 bits per heavy atom. The number of fused-ring (bicyclic) bond motifs is 9. The topological polar surface area (TPSA) is 53.5 Å². The second kappa shape index (κ2) is 4.86. The number of carbonyl (C=O) groups is 1. The van der Waals surface area contributed by atoms with Crippen molar-refractivity contribution < 1.29 is 4.79 Å². The van der Waals surface area contributed by atoms with E-state index in [9.17, 15) is 4.79 Å². The predicted molar refractivity (Wildman–Crippen MR) is 112 cm³/mol. The number of nitrogens with one attached hydrogen (secondary N) is 2. The second-order valence-electron chi connectivity index (χ2n) is 9.62. The van der Waals surface area contributed by atoms with Gasteiger partial charge in [-0.25, -0.2) is 0 Å². The highest BCUT2D eigenvalue weighted by Gasteiger charge is 2.72. The number of anilines is 2. The third kappa shape index (κ3) is 1.61. The van der Waals surface area contributed by atoms with Crippen LogP contribution in [-0.4, -0.2) is 11.6 Å². The van der Waals surface area contributed by atoms with Crippen LogP contribution in [0.5, 0.6) is 0 Å². The molecule has 2 saturated carbocycles. The van der Waals surface area contributed by atoms with Crippen molar-refractivity contribution in [1.29, 1.82) is 0 Å². The molecule has 2 N–H and O–H groups in total. The normalized spacial score (nSPS) is 36.1. The maximum Gasteiger partial charge on any atom is 0.255 e. The summed E-state index contributed by atoms with van der Waals surface area (Å²) in [5.74, 6) is 0.516. The quantitative estimate of drug-likeness (QED) is 0.676. The smallest absolute Gasteiger partial charge is 0.255 e. The number of benzene rings is 2.